The molecule has 1 amide bonds. The van der Waals surface area contributed by atoms with Crippen molar-refractivity contribution in [2.75, 3.05) is 11.0 Å². The summed E-state index contributed by atoms with van der Waals surface area (Å²) < 4.78 is 0.627. The molecule has 0 radical (unpaired) electrons. The van der Waals surface area contributed by atoms with E-state index >= 15 is 0 Å². The van der Waals surface area contributed by atoms with E-state index in [4.69, 9.17) is 0 Å². The summed E-state index contributed by atoms with van der Waals surface area (Å²) >= 11 is 2.12. The molecule has 58 valence electrons. The average Bonchev–Trinajstić information content (AvgIpc) is 2.73. The topological polar surface area (TPSA) is 20.3 Å². The minimum absolute atomic E-state index is 0.297. The van der Waals surface area contributed by atoms with Crippen LogP contribution in [0.4, 0.5) is 0 Å². The van der Waals surface area contributed by atoms with E-state index in [-0.39, 0.29) is 0 Å². The highest BCUT2D eigenvalue weighted by Gasteiger charge is 2.30. The van der Waals surface area contributed by atoms with Gasteiger partial charge in [0.1, 0.15) is 0 Å². The fraction of sp³-hybridized carbons (Fsp3) is 0.857. The predicted molar refractivity (Wildman–Crippen MR) is 49.3 cm³/mol. The van der Waals surface area contributed by atoms with Gasteiger partial charge in [0.25, 0.3) is 0 Å². The summed E-state index contributed by atoms with van der Waals surface area (Å²) in [6, 6.07) is 0.590. The molecular weight excluding hydrogens is 241 g/mol. The lowest BCUT2D eigenvalue weighted by Crippen LogP contribution is -2.33. The summed E-state index contributed by atoms with van der Waals surface area (Å²) in [7, 11) is 0. The molecule has 0 N–H and O–H groups in total. The minimum Gasteiger partial charge on any atom is -0.339 e. The first-order valence-electron chi connectivity index (χ1n) is 3.65. The zero-order valence-electron chi connectivity index (χ0n) is 6.14. The highest BCUT2D eigenvalue weighted by Crippen LogP contribution is 2.26. The maximum atomic E-state index is 11.1. The second-order valence-electron chi connectivity index (χ2n) is 2.54. The van der Waals surface area contributed by atoms with E-state index in [1.165, 1.54) is 12.8 Å². The molecule has 0 aromatic heterocycles. The Kier molecular flexibility index (Phi) is 2.95. The van der Waals surface area contributed by atoms with Gasteiger partial charge in [0.15, 0.2) is 0 Å². The first-order valence-corrected chi connectivity index (χ1v) is 5.17. The summed E-state index contributed by atoms with van der Waals surface area (Å²) in [4.78, 5) is 13.1. The number of hydrogen-bond acceptors (Lipinski definition) is 1. The lowest BCUT2D eigenvalue weighted by Gasteiger charge is -2.18. The van der Waals surface area contributed by atoms with Crippen molar-refractivity contribution in [3.05, 3.63) is 0 Å². The van der Waals surface area contributed by atoms with Crippen molar-refractivity contribution in [1.82, 2.24) is 4.90 Å². The normalized spacial score (nSPS) is 17.0. The highest BCUT2D eigenvalue weighted by molar-refractivity contribution is 14.1. The Balaban J connectivity index is 2.38. The van der Waals surface area contributed by atoms with E-state index in [1.54, 1.807) is 0 Å². The van der Waals surface area contributed by atoms with E-state index < -0.39 is 0 Å². The minimum atomic E-state index is 0.297. The van der Waals surface area contributed by atoms with Gasteiger partial charge in [-0.25, -0.2) is 0 Å². The van der Waals surface area contributed by atoms with Crippen molar-refractivity contribution in [1.29, 1.82) is 0 Å². The third-order valence-corrected chi connectivity index (χ3v) is 2.42. The predicted octanol–water partition coefficient (Wildman–Crippen LogP) is 1.43. The molecule has 1 aliphatic rings. The molecule has 0 heterocycles. The summed E-state index contributed by atoms with van der Waals surface area (Å²) in [6.45, 7) is 2.93. The van der Waals surface area contributed by atoms with E-state index in [9.17, 15) is 4.79 Å². The standard InChI is InChI=1S/C7H12INO/c1-2-9(6-3-4-6)7(10)5-8/h6H,2-5H2,1H3. The number of carbonyl (C=O) groups is 1. The van der Waals surface area contributed by atoms with Gasteiger partial charge in [0, 0.05) is 12.6 Å². The van der Waals surface area contributed by atoms with Crippen LogP contribution in [0.25, 0.3) is 0 Å². The third-order valence-electron chi connectivity index (χ3n) is 1.76. The van der Waals surface area contributed by atoms with Crippen molar-refractivity contribution in [2.24, 2.45) is 0 Å². The van der Waals surface area contributed by atoms with E-state index in [0.717, 1.165) is 6.54 Å². The molecule has 0 unspecified atom stereocenters. The number of alkyl halides is 1. The van der Waals surface area contributed by atoms with Crippen LogP contribution in [0.2, 0.25) is 0 Å². The molecule has 0 aromatic rings. The summed E-state index contributed by atoms with van der Waals surface area (Å²) in [5.41, 5.74) is 0. The second-order valence-corrected chi connectivity index (χ2v) is 3.31. The maximum Gasteiger partial charge on any atom is 0.232 e. The van der Waals surface area contributed by atoms with Crippen molar-refractivity contribution >= 4 is 28.5 Å². The van der Waals surface area contributed by atoms with Crippen molar-refractivity contribution in [3.63, 3.8) is 0 Å². The molecule has 1 aliphatic carbocycles. The maximum absolute atomic E-state index is 11.1. The van der Waals surface area contributed by atoms with Crippen molar-refractivity contribution in [3.8, 4) is 0 Å². The Morgan fingerprint density at radius 1 is 1.70 bits per heavy atom. The van der Waals surface area contributed by atoms with Gasteiger partial charge >= 0.3 is 0 Å². The van der Waals surface area contributed by atoms with Crippen LogP contribution < -0.4 is 0 Å². The molecule has 0 atom stereocenters. The zero-order valence-corrected chi connectivity index (χ0v) is 8.30. The van der Waals surface area contributed by atoms with E-state index in [0.29, 0.717) is 16.4 Å². The first kappa shape index (κ1) is 8.30. The number of nitrogens with zero attached hydrogens (tertiary/aromatic N) is 1. The molecular formula is C7H12INO. The number of hydrogen-bond donors (Lipinski definition) is 0. The average molecular weight is 253 g/mol. The number of amides is 1. The highest BCUT2D eigenvalue weighted by atomic mass is 127. The molecule has 3 heteroatoms. The molecule has 2 nitrogen and oxygen atoms in total. The summed E-state index contributed by atoms with van der Waals surface area (Å²) in [5.74, 6) is 0.297. The molecule has 1 rings (SSSR count). The van der Waals surface area contributed by atoms with Crippen LogP contribution in [-0.2, 0) is 4.79 Å². The quantitative estimate of drug-likeness (QED) is 0.550. The van der Waals surface area contributed by atoms with Gasteiger partial charge in [-0.15, -0.1) is 0 Å². The molecule has 10 heavy (non-hydrogen) atoms. The molecule has 0 saturated heterocycles. The molecule has 0 spiro atoms. The van der Waals surface area contributed by atoms with Gasteiger partial charge in [0.2, 0.25) is 5.91 Å². The van der Waals surface area contributed by atoms with E-state index in [2.05, 4.69) is 22.6 Å². The fourth-order valence-electron chi connectivity index (χ4n) is 1.10. The van der Waals surface area contributed by atoms with Crippen LogP contribution in [0.5, 0.6) is 0 Å². The number of halogens is 1. The third kappa shape index (κ3) is 1.84. The number of carbonyl (C=O) groups excluding carboxylic acids is 1. The lowest BCUT2D eigenvalue weighted by atomic mass is 10.4. The Morgan fingerprint density at radius 2 is 2.30 bits per heavy atom. The van der Waals surface area contributed by atoms with Crippen LogP contribution in [-0.4, -0.2) is 27.8 Å². The molecule has 1 saturated carbocycles. The molecule has 0 aliphatic heterocycles. The largest absolute Gasteiger partial charge is 0.339 e. The zero-order chi connectivity index (χ0) is 7.56. The first-order chi connectivity index (χ1) is 4.79. The SMILES string of the molecule is CCN(C(=O)CI)C1CC1. The molecule has 0 aromatic carbocycles. The van der Waals surface area contributed by atoms with Gasteiger partial charge in [-0.05, 0) is 19.8 Å². The summed E-state index contributed by atoms with van der Waals surface area (Å²) in [6.07, 6.45) is 2.44. The lowest BCUT2D eigenvalue weighted by molar-refractivity contribution is -0.128. The van der Waals surface area contributed by atoms with Crippen molar-refractivity contribution < 1.29 is 4.79 Å². The Labute approximate surface area is 75.1 Å². The molecule has 0 bridgehead atoms. The second kappa shape index (κ2) is 3.55. The fourth-order valence-corrected chi connectivity index (χ4v) is 1.54. The Bertz CT molecular complexity index is 134. The van der Waals surface area contributed by atoms with Gasteiger partial charge in [0.05, 0.1) is 4.43 Å². The van der Waals surface area contributed by atoms with Gasteiger partial charge < -0.3 is 4.90 Å². The Hall–Kier alpha value is 0.200. The van der Waals surface area contributed by atoms with Crippen LogP contribution in [0.3, 0.4) is 0 Å². The van der Waals surface area contributed by atoms with E-state index in [1.807, 2.05) is 11.8 Å². The summed E-state index contributed by atoms with van der Waals surface area (Å²) in [5, 5.41) is 0. The smallest absolute Gasteiger partial charge is 0.232 e. The van der Waals surface area contributed by atoms with Crippen molar-refractivity contribution in [2.45, 2.75) is 25.8 Å². The van der Waals surface area contributed by atoms with Crippen LogP contribution in [0.1, 0.15) is 19.8 Å². The van der Waals surface area contributed by atoms with Crippen LogP contribution in [0, 0.1) is 0 Å². The van der Waals surface area contributed by atoms with Gasteiger partial charge in [-0.1, -0.05) is 22.6 Å². The molecule has 1 fully saturated rings. The van der Waals surface area contributed by atoms with Gasteiger partial charge in [-0.3, -0.25) is 4.79 Å². The Morgan fingerprint density at radius 3 is 2.60 bits per heavy atom. The van der Waals surface area contributed by atoms with Crippen LogP contribution >= 0.6 is 22.6 Å². The monoisotopic (exact) mass is 253 g/mol. The van der Waals surface area contributed by atoms with Gasteiger partial charge in [-0.2, -0.15) is 0 Å². The van der Waals surface area contributed by atoms with Crippen LogP contribution in [0.15, 0.2) is 0 Å². The number of rotatable bonds is 3.